The molecule has 0 amide bonds. The minimum Gasteiger partial charge on any atom is -0.478 e. The topological polar surface area (TPSA) is 63.3 Å². The first kappa shape index (κ1) is 16.5. The number of aromatic carboxylic acids is 1. The fraction of sp³-hybridized carbons (Fsp3) is 0.588. The normalized spacial score (nSPS) is 12.4. The maximum Gasteiger partial charge on any atom is 0.335 e. The molecule has 1 rings (SSSR count). The first-order chi connectivity index (χ1) is 9.42. The van der Waals surface area contributed by atoms with Crippen LogP contribution in [0.1, 0.15) is 66.6 Å². The average molecular weight is 277 g/mol. The van der Waals surface area contributed by atoms with Gasteiger partial charge in [0.05, 0.1) is 5.56 Å². The smallest absolute Gasteiger partial charge is 0.335 e. The molecule has 0 aliphatic heterocycles. The number of hydrogen-bond donors (Lipinski definition) is 2. The van der Waals surface area contributed by atoms with E-state index in [-0.39, 0.29) is 0 Å². The van der Waals surface area contributed by atoms with E-state index in [4.69, 9.17) is 5.73 Å². The van der Waals surface area contributed by atoms with Crippen LogP contribution < -0.4 is 5.73 Å². The van der Waals surface area contributed by atoms with Gasteiger partial charge in [-0.1, -0.05) is 39.5 Å². The van der Waals surface area contributed by atoms with Crippen molar-refractivity contribution in [2.24, 2.45) is 5.92 Å². The second-order valence-electron chi connectivity index (χ2n) is 5.67. The molecule has 0 aliphatic rings. The van der Waals surface area contributed by atoms with Crippen LogP contribution in [0.4, 0.5) is 5.69 Å². The summed E-state index contributed by atoms with van der Waals surface area (Å²) in [6.07, 6.45) is 5.58. The van der Waals surface area contributed by atoms with E-state index >= 15 is 0 Å². The first-order valence-corrected chi connectivity index (χ1v) is 7.54. The minimum atomic E-state index is -0.867. The van der Waals surface area contributed by atoms with Crippen molar-refractivity contribution in [2.75, 3.05) is 5.73 Å². The van der Waals surface area contributed by atoms with Crippen LogP contribution in [0.5, 0.6) is 0 Å². The third-order valence-corrected chi connectivity index (χ3v) is 4.32. The van der Waals surface area contributed by atoms with Crippen molar-refractivity contribution in [3.8, 4) is 0 Å². The lowest BCUT2D eigenvalue weighted by Gasteiger charge is -2.19. The molecule has 0 spiro atoms. The Morgan fingerprint density at radius 2 is 1.95 bits per heavy atom. The maximum atomic E-state index is 11.3. The Hall–Kier alpha value is -1.51. The molecule has 0 fully saturated rings. The Kier molecular flexibility index (Phi) is 6.05. The van der Waals surface area contributed by atoms with Crippen LogP contribution in [0.15, 0.2) is 6.07 Å². The van der Waals surface area contributed by atoms with Crippen molar-refractivity contribution >= 4 is 11.7 Å². The molecule has 3 N–H and O–H groups in total. The number of carboxylic acids is 1. The van der Waals surface area contributed by atoms with Crippen LogP contribution in [0.3, 0.4) is 0 Å². The zero-order valence-corrected chi connectivity index (χ0v) is 13.1. The summed E-state index contributed by atoms with van der Waals surface area (Å²) in [5.74, 6) is -0.283. The molecule has 112 valence electrons. The lowest BCUT2D eigenvalue weighted by molar-refractivity contribution is 0.0696. The van der Waals surface area contributed by atoms with Gasteiger partial charge in [0.2, 0.25) is 0 Å². The van der Waals surface area contributed by atoms with E-state index in [0.29, 0.717) is 11.5 Å². The lowest BCUT2D eigenvalue weighted by atomic mass is 9.88. The largest absolute Gasteiger partial charge is 0.478 e. The van der Waals surface area contributed by atoms with Crippen LogP contribution >= 0.6 is 0 Å². The highest BCUT2D eigenvalue weighted by Gasteiger charge is 2.17. The molecule has 0 saturated heterocycles. The highest BCUT2D eigenvalue weighted by Crippen LogP contribution is 2.28. The Labute approximate surface area is 122 Å². The van der Waals surface area contributed by atoms with Gasteiger partial charge in [0, 0.05) is 5.69 Å². The molecular formula is C17H27NO2. The SMILES string of the molecule is CCCCC(CC)Cc1cc(C(=O)O)c(C)c(C)c1N. The van der Waals surface area contributed by atoms with Gasteiger partial charge in [-0.05, 0) is 48.9 Å². The third kappa shape index (κ3) is 3.75. The van der Waals surface area contributed by atoms with Gasteiger partial charge < -0.3 is 10.8 Å². The van der Waals surface area contributed by atoms with E-state index in [9.17, 15) is 9.90 Å². The molecule has 0 saturated carbocycles. The van der Waals surface area contributed by atoms with Gasteiger partial charge in [0.25, 0.3) is 0 Å². The van der Waals surface area contributed by atoms with Crippen molar-refractivity contribution in [3.05, 3.63) is 28.3 Å². The Morgan fingerprint density at radius 1 is 1.30 bits per heavy atom. The molecule has 3 heteroatoms. The van der Waals surface area contributed by atoms with Crippen molar-refractivity contribution in [2.45, 2.75) is 59.8 Å². The fourth-order valence-corrected chi connectivity index (χ4v) is 2.65. The fourth-order valence-electron chi connectivity index (χ4n) is 2.65. The molecule has 0 radical (unpaired) electrons. The summed E-state index contributed by atoms with van der Waals surface area (Å²) in [7, 11) is 0. The van der Waals surface area contributed by atoms with Crippen molar-refractivity contribution < 1.29 is 9.90 Å². The lowest BCUT2D eigenvalue weighted by Crippen LogP contribution is -2.11. The number of carboxylic acid groups (broad SMARTS) is 1. The number of benzene rings is 1. The summed E-state index contributed by atoms with van der Waals surface area (Å²) >= 11 is 0. The number of hydrogen-bond acceptors (Lipinski definition) is 2. The van der Waals surface area contributed by atoms with Crippen LogP contribution in [-0.4, -0.2) is 11.1 Å². The average Bonchev–Trinajstić information content (AvgIpc) is 2.42. The second kappa shape index (κ2) is 7.32. The van der Waals surface area contributed by atoms with Gasteiger partial charge in [-0.3, -0.25) is 0 Å². The molecule has 1 aromatic carbocycles. The molecule has 1 unspecified atom stereocenters. The van der Waals surface area contributed by atoms with E-state index < -0.39 is 5.97 Å². The van der Waals surface area contributed by atoms with Gasteiger partial charge in [-0.25, -0.2) is 4.79 Å². The molecule has 3 nitrogen and oxygen atoms in total. The summed E-state index contributed by atoms with van der Waals surface area (Å²) in [6, 6.07) is 1.77. The summed E-state index contributed by atoms with van der Waals surface area (Å²) < 4.78 is 0. The molecule has 0 heterocycles. The van der Waals surface area contributed by atoms with Gasteiger partial charge in [-0.2, -0.15) is 0 Å². The zero-order valence-electron chi connectivity index (χ0n) is 13.1. The maximum absolute atomic E-state index is 11.3. The Bertz CT molecular complexity index is 480. The van der Waals surface area contributed by atoms with Crippen molar-refractivity contribution in [3.63, 3.8) is 0 Å². The van der Waals surface area contributed by atoms with Gasteiger partial charge in [-0.15, -0.1) is 0 Å². The molecule has 0 bridgehead atoms. The third-order valence-electron chi connectivity index (χ3n) is 4.32. The number of nitrogen functional groups attached to an aromatic ring is 1. The number of unbranched alkanes of at least 4 members (excludes halogenated alkanes) is 1. The summed E-state index contributed by atoms with van der Waals surface area (Å²) in [6.45, 7) is 8.12. The van der Waals surface area contributed by atoms with Crippen LogP contribution in [0, 0.1) is 19.8 Å². The van der Waals surface area contributed by atoms with E-state index in [1.807, 2.05) is 13.8 Å². The van der Waals surface area contributed by atoms with E-state index in [1.54, 1.807) is 6.07 Å². The van der Waals surface area contributed by atoms with Crippen LogP contribution in [0.2, 0.25) is 0 Å². The standard InChI is InChI=1S/C17H27NO2/c1-5-7-8-13(6-2)9-14-10-15(17(19)20)11(3)12(4)16(14)18/h10,13H,5-9,18H2,1-4H3,(H,19,20). The summed E-state index contributed by atoms with van der Waals surface area (Å²) in [5.41, 5.74) is 10.0. The number of anilines is 1. The number of rotatable bonds is 7. The summed E-state index contributed by atoms with van der Waals surface area (Å²) in [5, 5.41) is 9.30. The quantitative estimate of drug-likeness (QED) is 0.729. The molecule has 0 aliphatic carbocycles. The summed E-state index contributed by atoms with van der Waals surface area (Å²) in [4.78, 5) is 11.3. The molecule has 0 aromatic heterocycles. The highest BCUT2D eigenvalue weighted by atomic mass is 16.4. The highest BCUT2D eigenvalue weighted by molar-refractivity contribution is 5.91. The zero-order chi connectivity index (χ0) is 15.3. The van der Waals surface area contributed by atoms with E-state index in [1.165, 1.54) is 19.3 Å². The molecule has 20 heavy (non-hydrogen) atoms. The van der Waals surface area contributed by atoms with E-state index in [0.717, 1.165) is 35.2 Å². The Morgan fingerprint density at radius 3 is 2.45 bits per heavy atom. The molecular weight excluding hydrogens is 250 g/mol. The number of carbonyl (C=O) groups is 1. The Balaban J connectivity index is 3.08. The molecule has 1 atom stereocenters. The van der Waals surface area contributed by atoms with Gasteiger partial charge in [0.1, 0.15) is 0 Å². The van der Waals surface area contributed by atoms with Crippen LogP contribution in [-0.2, 0) is 6.42 Å². The van der Waals surface area contributed by atoms with Crippen LogP contribution in [0.25, 0.3) is 0 Å². The monoisotopic (exact) mass is 277 g/mol. The second-order valence-corrected chi connectivity index (χ2v) is 5.67. The van der Waals surface area contributed by atoms with Gasteiger partial charge >= 0.3 is 5.97 Å². The number of nitrogens with two attached hydrogens (primary N) is 1. The predicted molar refractivity (Wildman–Crippen MR) is 84.3 cm³/mol. The van der Waals surface area contributed by atoms with Gasteiger partial charge in [0.15, 0.2) is 0 Å². The predicted octanol–water partition coefficient (Wildman–Crippen LogP) is 4.34. The van der Waals surface area contributed by atoms with E-state index in [2.05, 4.69) is 13.8 Å². The first-order valence-electron chi connectivity index (χ1n) is 7.54. The minimum absolute atomic E-state index is 0.386. The van der Waals surface area contributed by atoms with Crippen molar-refractivity contribution in [1.82, 2.24) is 0 Å². The molecule has 1 aromatic rings. The van der Waals surface area contributed by atoms with Crippen molar-refractivity contribution in [1.29, 1.82) is 0 Å².